The SMILES string of the molecule is O=C(OCc1noc(-c2ccccc2Cl)n1)c1cc(Cl)ccc1O. The minimum absolute atomic E-state index is 0.0441. The summed E-state index contributed by atoms with van der Waals surface area (Å²) in [7, 11) is 0. The van der Waals surface area contributed by atoms with Crippen LogP contribution in [0.1, 0.15) is 16.2 Å². The molecule has 8 heteroatoms. The van der Waals surface area contributed by atoms with Crippen molar-refractivity contribution in [2.75, 3.05) is 0 Å². The van der Waals surface area contributed by atoms with E-state index in [9.17, 15) is 9.90 Å². The number of carbonyl (C=O) groups excluding carboxylic acids is 1. The lowest BCUT2D eigenvalue weighted by molar-refractivity contribution is 0.0456. The Morgan fingerprint density at radius 2 is 2.00 bits per heavy atom. The number of rotatable bonds is 4. The van der Waals surface area contributed by atoms with Crippen molar-refractivity contribution < 1.29 is 19.2 Å². The van der Waals surface area contributed by atoms with E-state index in [-0.39, 0.29) is 29.6 Å². The van der Waals surface area contributed by atoms with Crippen LogP contribution in [0.15, 0.2) is 47.0 Å². The zero-order valence-corrected chi connectivity index (χ0v) is 13.6. The van der Waals surface area contributed by atoms with Gasteiger partial charge in [-0.2, -0.15) is 4.98 Å². The van der Waals surface area contributed by atoms with E-state index < -0.39 is 5.97 Å². The molecule has 3 aromatic rings. The smallest absolute Gasteiger partial charge is 0.342 e. The van der Waals surface area contributed by atoms with Gasteiger partial charge in [-0.05, 0) is 30.3 Å². The van der Waals surface area contributed by atoms with Gasteiger partial charge in [0.2, 0.25) is 5.82 Å². The molecule has 2 aromatic carbocycles. The average molecular weight is 365 g/mol. The summed E-state index contributed by atoms with van der Waals surface area (Å²) < 4.78 is 10.2. The van der Waals surface area contributed by atoms with Crippen LogP contribution >= 0.6 is 23.2 Å². The van der Waals surface area contributed by atoms with E-state index in [2.05, 4.69) is 10.1 Å². The van der Waals surface area contributed by atoms with Crippen LogP contribution in [0.2, 0.25) is 10.0 Å². The van der Waals surface area contributed by atoms with Crippen molar-refractivity contribution in [3.05, 3.63) is 63.9 Å². The summed E-state index contributed by atoms with van der Waals surface area (Å²) >= 11 is 11.8. The summed E-state index contributed by atoms with van der Waals surface area (Å²) in [6.07, 6.45) is 0. The zero-order chi connectivity index (χ0) is 17.1. The Hall–Kier alpha value is -2.57. The van der Waals surface area contributed by atoms with Crippen LogP contribution in [0.25, 0.3) is 11.5 Å². The lowest BCUT2D eigenvalue weighted by Crippen LogP contribution is -2.06. The number of aromatic nitrogens is 2. The second kappa shape index (κ2) is 6.90. The molecule has 0 aliphatic rings. The molecule has 122 valence electrons. The number of hydrogen-bond acceptors (Lipinski definition) is 6. The first-order valence-corrected chi connectivity index (χ1v) is 7.53. The van der Waals surface area contributed by atoms with Crippen molar-refractivity contribution in [1.82, 2.24) is 10.1 Å². The van der Waals surface area contributed by atoms with Gasteiger partial charge in [0.05, 0.1) is 10.6 Å². The molecule has 0 spiro atoms. The maximum absolute atomic E-state index is 12.0. The molecule has 0 saturated heterocycles. The third kappa shape index (κ3) is 3.50. The van der Waals surface area contributed by atoms with E-state index in [0.29, 0.717) is 15.6 Å². The van der Waals surface area contributed by atoms with E-state index in [1.807, 2.05) is 0 Å². The highest BCUT2D eigenvalue weighted by Gasteiger charge is 2.16. The molecule has 24 heavy (non-hydrogen) atoms. The van der Waals surface area contributed by atoms with E-state index in [1.165, 1.54) is 18.2 Å². The van der Waals surface area contributed by atoms with Crippen molar-refractivity contribution in [3.8, 4) is 17.2 Å². The maximum Gasteiger partial charge on any atom is 0.342 e. The van der Waals surface area contributed by atoms with E-state index >= 15 is 0 Å². The minimum Gasteiger partial charge on any atom is -0.507 e. The van der Waals surface area contributed by atoms with Gasteiger partial charge in [-0.25, -0.2) is 4.79 Å². The molecule has 0 bridgehead atoms. The number of aromatic hydroxyl groups is 1. The number of carbonyl (C=O) groups is 1. The highest BCUT2D eigenvalue weighted by atomic mass is 35.5. The Morgan fingerprint density at radius 3 is 2.79 bits per heavy atom. The molecule has 0 fully saturated rings. The molecule has 0 aliphatic heterocycles. The van der Waals surface area contributed by atoms with Gasteiger partial charge in [0.1, 0.15) is 11.3 Å². The largest absolute Gasteiger partial charge is 0.507 e. The molecule has 0 aliphatic carbocycles. The first-order valence-electron chi connectivity index (χ1n) is 6.77. The van der Waals surface area contributed by atoms with Crippen molar-refractivity contribution in [1.29, 1.82) is 0 Å². The number of phenols is 1. The van der Waals surface area contributed by atoms with Crippen molar-refractivity contribution in [3.63, 3.8) is 0 Å². The topological polar surface area (TPSA) is 85.5 Å². The van der Waals surface area contributed by atoms with Crippen LogP contribution in [0.4, 0.5) is 0 Å². The van der Waals surface area contributed by atoms with Gasteiger partial charge in [0, 0.05) is 5.02 Å². The number of nitrogens with zero attached hydrogens (tertiary/aromatic N) is 2. The molecule has 0 radical (unpaired) electrons. The monoisotopic (exact) mass is 364 g/mol. The predicted molar refractivity (Wildman–Crippen MR) is 87.0 cm³/mol. The fraction of sp³-hybridized carbons (Fsp3) is 0.0625. The molecular weight excluding hydrogens is 355 g/mol. The number of halogens is 2. The summed E-state index contributed by atoms with van der Waals surface area (Å²) in [6.45, 7) is -0.223. The van der Waals surface area contributed by atoms with Crippen LogP contribution in [-0.4, -0.2) is 21.2 Å². The van der Waals surface area contributed by atoms with Gasteiger partial charge >= 0.3 is 5.97 Å². The summed E-state index contributed by atoms with van der Waals surface area (Å²) in [6, 6.07) is 11.1. The average Bonchev–Trinajstić information content (AvgIpc) is 3.04. The lowest BCUT2D eigenvalue weighted by Gasteiger charge is -2.04. The van der Waals surface area contributed by atoms with Gasteiger partial charge in [-0.3, -0.25) is 0 Å². The van der Waals surface area contributed by atoms with Gasteiger partial charge in [-0.15, -0.1) is 0 Å². The van der Waals surface area contributed by atoms with Gasteiger partial charge in [0.25, 0.3) is 5.89 Å². The van der Waals surface area contributed by atoms with E-state index in [4.69, 9.17) is 32.5 Å². The molecule has 3 rings (SSSR count). The number of ether oxygens (including phenoxy) is 1. The number of esters is 1. The van der Waals surface area contributed by atoms with E-state index in [1.54, 1.807) is 24.3 Å². The molecule has 0 unspecified atom stereocenters. The normalized spacial score (nSPS) is 10.6. The fourth-order valence-corrected chi connectivity index (χ4v) is 2.32. The Bertz CT molecular complexity index is 895. The number of hydrogen-bond donors (Lipinski definition) is 1. The molecule has 0 saturated carbocycles. The zero-order valence-electron chi connectivity index (χ0n) is 12.1. The summed E-state index contributed by atoms with van der Waals surface area (Å²) in [5.74, 6) is -0.592. The molecule has 1 heterocycles. The predicted octanol–water partition coefficient (Wildman–Crippen LogP) is 4.11. The Kier molecular flexibility index (Phi) is 4.69. The summed E-state index contributed by atoms with van der Waals surface area (Å²) in [5.41, 5.74) is 0.536. The first-order chi connectivity index (χ1) is 11.5. The highest BCUT2D eigenvalue weighted by molar-refractivity contribution is 6.33. The Morgan fingerprint density at radius 1 is 1.21 bits per heavy atom. The number of benzene rings is 2. The summed E-state index contributed by atoms with van der Waals surface area (Å²) in [4.78, 5) is 16.1. The Balaban J connectivity index is 1.71. The van der Waals surface area contributed by atoms with E-state index in [0.717, 1.165) is 0 Å². The second-order valence-electron chi connectivity index (χ2n) is 4.73. The molecule has 1 aromatic heterocycles. The standard InChI is InChI=1S/C16H10Cl2N2O4/c17-9-5-6-13(21)11(7-9)16(22)23-8-14-19-15(24-20-14)10-3-1-2-4-12(10)18/h1-7,21H,8H2. The maximum atomic E-state index is 12.0. The lowest BCUT2D eigenvalue weighted by atomic mass is 10.2. The second-order valence-corrected chi connectivity index (χ2v) is 5.58. The van der Waals surface area contributed by atoms with Crippen LogP contribution in [-0.2, 0) is 11.3 Å². The molecule has 6 nitrogen and oxygen atoms in total. The number of phenolic OH excluding ortho intramolecular Hbond substituents is 1. The molecule has 1 N–H and O–H groups in total. The molecule has 0 amide bonds. The van der Waals surface area contributed by atoms with Gasteiger partial charge in [0.15, 0.2) is 6.61 Å². The third-order valence-electron chi connectivity index (χ3n) is 3.08. The van der Waals surface area contributed by atoms with Crippen LogP contribution < -0.4 is 0 Å². The molecular formula is C16H10Cl2N2O4. The fourth-order valence-electron chi connectivity index (χ4n) is 1.94. The highest BCUT2D eigenvalue weighted by Crippen LogP contribution is 2.26. The summed E-state index contributed by atoms with van der Waals surface area (Å²) in [5, 5.41) is 14.2. The van der Waals surface area contributed by atoms with Crippen molar-refractivity contribution in [2.45, 2.75) is 6.61 Å². The van der Waals surface area contributed by atoms with Gasteiger partial charge in [-0.1, -0.05) is 40.5 Å². The first kappa shape index (κ1) is 16.3. The third-order valence-corrected chi connectivity index (χ3v) is 3.65. The van der Waals surface area contributed by atoms with Crippen molar-refractivity contribution >= 4 is 29.2 Å². The van der Waals surface area contributed by atoms with Crippen LogP contribution in [0.3, 0.4) is 0 Å². The molecule has 0 atom stereocenters. The minimum atomic E-state index is -0.751. The van der Waals surface area contributed by atoms with Gasteiger partial charge < -0.3 is 14.4 Å². The Labute approximate surface area is 146 Å². The quantitative estimate of drug-likeness (QED) is 0.701. The van der Waals surface area contributed by atoms with Crippen molar-refractivity contribution in [2.24, 2.45) is 0 Å². The van der Waals surface area contributed by atoms with Crippen LogP contribution in [0.5, 0.6) is 5.75 Å². The van der Waals surface area contributed by atoms with Crippen LogP contribution in [0, 0.1) is 0 Å².